The number of Topliss-reactive ketones (excluding diaryl/α,β-unsaturated/α-hetero) is 2. The van der Waals surface area contributed by atoms with Crippen LogP contribution in [0, 0.1) is 5.82 Å². The average Bonchev–Trinajstić information content (AvgIpc) is 2.40. The molecule has 0 radical (unpaired) electrons. The summed E-state index contributed by atoms with van der Waals surface area (Å²) in [6, 6.07) is 3.89. The van der Waals surface area contributed by atoms with E-state index in [4.69, 9.17) is 0 Å². The van der Waals surface area contributed by atoms with Crippen LogP contribution in [0.4, 0.5) is 10.1 Å². The molecule has 0 saturated carbocycles. The van der Waals surface area contributed by atoms with E-state index in [-0.39, 0.29) is 29.6 Å². The van der Waals surface area contributed by atoms with Crippen molar-refractivity contribution in [1.82, 2.24) is 0 Å². The Morgan fingerprint density at radius 2 is 1.90 bits per heavy atom. The summed E-state index contributed by atoms with van der Waals surface area (Å²) in [5, 5.41) is 2.43. The number of hydrogen-bond acceptors (Lipinski definition) is 3. The molecular formula is C15H18FNO3. The van der Waals surface area contributed by atoms with E-state index < -0.39 is 5.82 Å². The van der Waals surface area contributed by atoms with Gasteiger partial charge in [0.1, 0.15) is 11.6 Å². The van der Waals surface area contributed by atoms with Crippen LogP contribution in [0.3, 0.4) is 0 Å². The molecule has 108 valence electrons. The van der Waals surface area contributed by atoms with Crippen LogP contribution in [0.1, 0.15) is 49.9 Å². The second kappa shape index (κ2) is 7.53. The number of halogens is 1. The Kier molecular flexibility index (Phi) is 6.03. The van der Waals surface area contributed by atoms with Gasteiger partial charge in [0, 0.05) is 24.8 Å². The van der Waals surface area contributed by atoms with Crippen molar-refractivity contribution in [3.05, 3.63) is 29.6 Å². The van der Waals surface area contributed by atoms with E-state index in [2.05, 4.69) is 5.32 Å². The summed E-state index contributed by atoms with van der Waals surface area (Å²) in [5.41, 5.74) is 0.366. The molecule has 1 aromatic rings. The van der Waals surface area contributed by atoms with Crippen molar-refractivity contribution in [2.75, 3.05) is 5.32 Å². The summed E-state index contributed by atoms with van der Waals surface area (Å²) in [7, 11) is 0. The number of benzene rings is 1. The highest BCUT2D eigenvalue weighted by Gasteiger charge is 2.11. The maximum absolute atomic E-state index is 13.6. The van der Waals surface area contributed by atoms with Gasteiger partial charge in [-0.25, -0.2) is 4.39 Å². The maximum atomic E-state index is 13.6. The normalized spacial score (nSPS) is 10.2. The van der Waals surface area contributed by atoms with Crippen LogP contribution in [-0.4, -0.2) is 17.5 Å². The van der Waals surface area contributed by atoms with E-state index in [1.807, 2.05) is 0 Å². The van der Waals surface area contributed by atoms with Crippen molar-refractivity contribution in [3.63, 3.8) is 0 Å². The van der Waals surface area contributed by atoms with Gasteiger partial charge in [-0.2, -0.15) is 0 Å². The Morgan fingerprint density at radius 1 is 1.20 bits per heavy atom. The minimum Gasteiger partial charge on any atom is -0.324 e. The second-order valence-electron chi connectivity index (χ2n) is 4.58. The van der Waals surface area contributed by atoms with Gasteiger partial charge in [0.25, 0.3) is 0 Å². The van der Waals surface area contributed by atoms with Crippen LogP contribution in [0.5, 0.6) is 0 Å². The first kappa shape index (κ1) is 16.0. The number of anilines is 1. The quantitative estimate of drug-likeness (QED) is 0.780. The molecule has 0 aliphatic carbocycles. The number of carbonyl (C=O) groups excluding carboxylic acids is 3. The molecule has 20 heavy (non-hydrogen) atoms. The lowest BCUT2D eigenvalue weighted by molar-refractivity contribution is -0.117. The predicted molar refractivity (Wildman–Crippen MR) is 74.2 cm³/mol. The third-order valence-corrected chi connectivity index (χ3v) is 2.82. The van der Waals surface area contributed by atoms with Gasteiger partial charge < -0.3 is 10.1 Å². The lowest BCUT2D eigenvalue weighted by Crippen LogP contribution is -2.13. The van der Waals surface area contributed by atoms with Crippen LogP contribution >= 0.6 is 0 Å². The Morgan fingerprint density at radius 3 is 2.50 bits per heavy atom. The predicted octanol–water partition coefficient (Wildman–Crippen LogP) is 3.12. The first-order chi connectivity index (χ1) is 9.43. The standard InChI is InChI=1S/C15H18FNO3/c1-3-14(19)11-7-8-12(16)13(9-11)17-15(20)6-4-5-10(2)18/h7-9H,3-6H2,1-2H3,(H,17,20). The zero-order valence-corrected chi connectivity index (χ0v) is 11.7. The molecule has 4 nitrogen and oxygen atoms in total. The van der Waals surface area contributed by atoms with Gasteiger partial charge in [-0.15, -0.1) is 0 Å². The molecule has 0 fully saturated rings. The van der Waals surface area contributed by atoms with Crippen molar-refractivity contribution in [1.29, 1.82) is 0 Å². The fourth-order valence-electron chi connectivity index (χ4n) is 1.71. The highest BCUT2D eigenvalue weighted by molar-refractivity contribution is 5.98. The minimum absolute atomic E-state index is 0.00266. The Bertz CT molecular complexity index is 526. The Hall–Kier alpha value is -2.04. The molecule has 0 atom stereocenters. The molecule has 1 amide bonds. The van der Waals surface area contributed by atoms with Gasteiger partial charge in [-0.05, 0) is 31.5 Å². The smallest absolute Gasteiger partial charge is 0.224 e. The summed E-state index contributed by atoms with van der Waals surface area (Å²) in [5.74, 6) is -1.06. The fraction of sp³-hybridized carbons (Fsp3) is 0.400. The van der Waals surface area contributed by atoms with Crippen LogP contribution < -0.4 is 5.32 Å². The number of nitrogens with one attached hydrogen (secondary N) is 1. The molecule has 0 unspecified atom stereocenters. The van der Waals surface area contributed by atoms with E-state index in [1.165, 1.54) is 19.1 Å². The SMILES string of the molecule is CCC(=O)c1ccc(F)c(NC(=O)CCCC(C)=O)c1. The summed E-state index contributed by atoms with van der Waals surface area (Å²) in [6.07, 6.45) is 1.21. The van der Waals surface area contributed by atoms with Crippen LogP contribution in [0.25, 0.3) is 0 Å². The van der Waals surface area contributed by atoms with E-state index >= 15 is 0 Å². The highest BCUT2D eigenvalue weighted by atomic mass is 19.1. The molecule has 1 N–H and O–H groups in total. The number of hydrogen-bond donors (Lipinski definition) is 1. The number of amides is 1. The van der Waals surface area contributed by atoms with Gasteiger partial charge >= 0.3 is 0 Å². The number of carbonyl (C=O) groups is 3. The molecule has 0 bridgehead atoms. The van der Waals surface area contributed by atoms with Gasteiger partial charge in [0.2, 0.25) is 5.91 Å². The number of ketones is 2. The van der Waals surface area contributed by atoms with Gasteiger partial charge in [0.05, 0.1) is 5.69 Å². The van der Waals surface area contributed by atoms with E-state index in [9.17, 15) is 18.8 Å². The molecule has 0 heterocycles. The summed E-state index contributed by atoms with van der Waals surface area (Å²) in [4.78, 5) is 33.9. The van der Waals surface area contributed by atoms with Crippen molar-refractivity contribution >= 4 is 23.2 Å². The summed E-state index contributed by atoms with van der Waals surface area (Å²) in [6.45, 7) is 3.17. The minimum atomic E-state index is -0.586. The maximum Gasteiger partial charge on any atom is 0.224 e. The van der Waals surface area contributed by atoms with Gasteiger partial charge in [0.15, 0.2) is 5.78 Å². The largest absolute Gasteiger partial charge is 0.324 e. The van der Waals surface area contributed by atoms with Crippen molar-refractivity contribution < 1.29 is 18.8 Å². The first-order valence-electron chi connectivity index (χ1n) is 6.56. The Balaban J connectivity index is 2.68. The third-order valence-electron chi connectivity index (χ3n) is 2.82. The highest BCUT2D eigenvalue weighted by Crippen LogP contribution is 2.18. The average molecular weight is 279 g/mol. The molecule has 0 spiro atoms. The molecule has 0 aliphatic heterocycles. The van der Waals surface area contributed by atoms with Gasteiger partial charge in [-0.1, -0.05) is 6.92 Å². The molecule has 0 aliphatic rings. The van der Waals surface area contributed by atoms with Crippen molar-refractivity contribution in [3.8, 4) is 0 Å². The molecule has 5 heteroatoms. The van der Waals surface area contributed by atoms with Gasteiger partial charge in [-0.3, -0.25) is 9.59 Å². The lowest BCUT2D eigenvalue weighted by Gasteiger charge is -2.08. The van der Waals surface area contributed by atoms with E-state index in [0.29, 0.717) is 24.8 Å². The van der Waals surface area contributed by atoms with E-state index in [1.54, 1.807) is 6.92 Å². The Labute approximate surface area is 117 Å². The molecule has 0 saturated heterocycles. The topological polar surface area (TPSA) is 63.2 Å². The second-order valence-corrected chi connectivity index (χ2v) is 4.58. The molecule has 1 aromatic carbocycles. The van der Waals surface area contributed by atoms with E-state index in [0.717, 1.165) is 6.07 Å². The monoisotopic (exact) mass is 279 g/mol. The zero-order chi connectivity index (χ0) is 15.1. The summed E-state index contributed by atoms with van der Waals surface area (Å²) >= 11 is 0. The van der Waals surface area contributed by atoms with Crippen LogP contribution in [-0.2, 0) is 9.59 Å². The lowest BCUT2D eigenvalue weighted by atomic mass is 10.1. The van der Waals surface area contributed by atoms with Crippen LogP contribution in [0.15, 0.2) is 18.2 Å². The fourth-order valence-corrected chi connectivity index (χ4v) is 1.71. The third kappa shape index (κ3) is 4.91. The molecule has 0 aromatic heterocycles. The summed E-state index contributed by atoms with van der Waals surface area (Å²) < 4.78 is 13.6. The molecule has 1 rings (SSSR count). The zero-order valence-electron chi connectivity index (χ0n) is 11.7. The van der Waals surface area contributed by atoms with Crippen LogP contribution in [0.2, 0.25) is 0 Å². The van der Waals surface area contributed by atoms with Crippen molar-refractivity contribution in [2.45, 2.75) is 39.5 Å². The van der Waals surface area contributed by atoms with Crippen molar-refractivity contribution in [2.24, 2.45) is 0 Å². The first-order valence-corrected chi connectivity index (χ1v) is 6.56. The molecular weight excluding hydrogens is 261 g/mol. The number of rotatable bonds is 7.